The van der Waals surface area contributed by atoms with Gasteiger partial charge in [-0.05, 0) is 25.0 Å². The van der Waals surface area contributed by atoms with Gasteiger partial charge in [-0.3, -0.25) is 4.79 Å². The second-order valence-electron chi connectivity index (χ2n) is 4.22. The van der Waals surface area contributed by atoms with Crippen molar-refractivity contribution in [2.75, 3.05) is 26.4 Å². The van der Waals surface area contributed by atoms with Gasteiger partial charge in [-0.1, -0.05) is 18.2 Å². The Balaban J connectivity index is 2.31. The van der Waals surface area contributed by atoms with E-state index < -0.39 is 5.92 Å². The van der Waals surface area contributed by atoms with E-state index in [2.05, 4.69) is 5.32 Å². The van der Waals surface area contributed by atoms with Crippen molar-refractivity contribution in [3.8, 4) is 0 Å². The number of hydrogen-bond acceptors (Lipinski definition) is 3. The van der Waals surface area contributed by atoms with Crippen molar-refractivity contribution in [2.45, 2.75) is 19.3 Å². The summed E-state index contributed by atoms with van der Waals surface area (Å²) in [5.74, 6) is -1.08. The van der Waals surface area contributed by atoms with Gasteiger partial charge in [0.15, 0.2) is 0 Å². The van der Waals surface area contributed by atoms with Crippen LogP contribution in [0.1, 0.15) is 24.8 Å². The molecular weight excluding hydrogens is 249 g/mol. The maximum absolute atomic E-state index is 13.5. The molecule has 0 spiro atoms. The number of nitrogens with one attached hydrogen (secondary N) is 1. The molecule has 0 aromatic heterocycles. The summed E-state index contributed by atoms with van der Waals surface area (Å²) < 4.78 is 18.6. The van der Waals surface area contributed by atoms with E-state index in [1.54, 1.807) is 25.1 Å². The van der Waals surface area contributed by atoms with Crippen LogP contribution >= 0.6 is 0 Å². The van der Waals surface area contributed by atoms with Gasteiger partial charge in [0.2, 0.25) is 5.91 Å². The van der Waals surface area contributed by atoms with Crippen LogP contribution in [-0.2, 0) is 9.53 Å². The maximum Gasteiger partial charge on any atom is 0.227 e. The van der Waals surface area contributed by atoms with Crippen molar-refractivity contribution >= 4 is 5.91 Å². The molecular formula is C14H20FNO3. The van der Waals surface area contributed by atoms with Gasteiger partial charge in [-0.2, -0.15) is 0 Å². The zero-order valence-corrected chi connectivity index (χ0v) is 11.1. The van der Waals surface area contributed by atoms with Crippen LogP contribution in [0.3, 0.4) is 0 Å². The van der Waals surface area contributed by atoms with Crippen LogP contribution in [0.5, 0.6) is 0 Å². The lowest BCUT2D eigenvalue weighted by Gasteiger charge is -2.13. The molecule has 1 rings (SSSR count). The number of ether oxygens (including phenoxy) is 1. The van der Waals surface area contributed by atoms with Crippen LogP contribution in [0, 0.1) is 5.82 Å². The number of carbonyl (C=O) groups is 1. The van der Waals surface area contributed by atoms with Crippen molar-refractivity contribution in [1.82, 2.24) is 5.32 Å². The van der Waals surface area contributed by atoms with Crippen molar-refractivity contribution in [3.63, 3.8) is 0 Å². The van der Waals surface area contributed by atoms with Crippen LogP contribution in [0.2, 0.25) is 0 Å². The number of rotatable bonds is 8. The van der Waals surface area contributed by atoms with Crippen LogP contribution in [0.25, 0.3) is 0 Å². The Morgan fingerprint density at radius 2 is 2.16 bits per heavy atom. The second kappa shape index (κ2) is 8.61. The number of halogens is 1. The van der Waals surface area contributed by atoms with E-state index in [9.17, 15) is 9.18 Å². The number of carbonyl (C=O) groups excluding carboxylic acids is 1. The summed E-state index contributed by atoms with van der Waals surface area (Å²) in [4.78, 5) is 11.8. The van der Waals surface area contributed by atoms with Gasteiger partial charge in [0.1, 0.15) is 5.82 Å². The van der Waals surface area contributed by atoms with Crippen molar-refractivity contribution in [2.24, 2.45) is 0 Å². The van der Waals surface area contributed by atoms with Crippen molar-refractivity contribution < 1.29 is 19.0 Å². The third-order valence-electron chi connectivity index (χ3n) is 2.77. The highest BCUT2D eigenvalue weighted by atomic mass is 19.1. The first-order valence-electron chi connectivity index (χ1n) is 6.37. The van der Waals surface area contributed by atoms with Crippen molar-refractivity contribution in [1.29, 1.82) is 0 Å². The predicted molar refractivity (Wildman–Crippen MR) is 70.3 cm³/mol. The molecule has 0 heterocycles. The largest absolute Gasteiger partial charge is 0.394 e. The third kappa shape index (κ3) is 5.36. The van der Waals surface area contributed by atoms with E-state index in [0.29, 0.717) is 31.7 Å². The summed E-state index contributed by atoms with van der Waals surface area (Å²) in [6, 6.07) is 6.28. The molecule has 1 aromatic rings. The highest BCUT2D eigenvalue weighted by molar-refractivity contribution is 5.83. The fraction of sp³-hybridized carbons (Fsp3) is 0.500. The average Bonchev–Trinajstić information content (AvgIpc) is 2.42. The average molecular weight is 269 g/mol. The molecule has 1 amide bonds. The Hall–Kier alpha value is -1.46. The monoisotopic (exact) mass is 269 g/mol. The summed E-state index contributed by atoms with van der Waals surface area (Å²) in [6.45, 7) is 2.93. The molecule has 0 bridgehead atoms. The quantitative estimate of drug-likeness (QED) is 0.702. The Morgan fingerprint density at radius 3 is 2.84 bits per heavy atom. The standard InChI is InChI=1S/C14H20FNO3/c1-11(12-5-2-3-6-13(12)15)14(18)16-7-4-9-19-10-8-17/h2-3,5-6,11,17H,4,7-10H2,1H3,(H,16,18). The predicted octanol–water partition coefficient (Wildman–Crippen LogP) is 1.44. The van der Waals surface area contributed by atoms with Gasteiger partial charge in [-0.25, -0.2) is 4.39 Å². The Morgan fingerprint density at radius 1 is 1.42 bits per heavy atom. The van der Waals surface area contributed by atoms with Gasteiger partial charge in [-0.15, -0.1) is 0 Å². The zero-order chi connectivity index (χ0) is 14.1. The zero-order valence-electron chi connectivity index (χ0n) is 11.1. The van der Waals surface area contributed by atoms with E-state index in [0.717, 1.165) is 0 Å². The van der Waals surface area contributed by atoms with E-state index >= 15 is 0 Å². The molecule has 0 aliphatic carbocycles. The summed E-state index contributed by atoms with van der Waals surface area (Å²) in [7, 11) is 0. The second-order valence-corrected chi connectivity index (χ2v) is 4.22. The number of hydrogen-bond donors (Lipinski definition) is 2. The summed E-state index contributed by atoms with van der Waals surface area (Å²) in [6.07, 6.45) is 0.662. The van der Waals surface area contributed by atoms with E-state index in [-0.39, 0.29) is 18.3 Å². The molecule has 1 aromatic carbocycles. The molecule has 0 fully saturated rings. The number of aliphatic hydroxyl groups is 1. The lowest BCUT2D eigenvalue weighted by molar-refractivity contribution is -0.122. The van der Waals surface area contributed by atoms with Gasteiger partial charge in [0, 0.05) is 13.2 Å². The van der Waals surface area contributed by atoms with Gasteiger partial charge >= 0.3 is 0 Å². The minimum atomic E-state index is -0.514. The molecule has 0 saturated heterocycles. The lowest BCUT2D eigenvalue weighted by atomic mass is 10.00. The molecule has 106 valence electrons. The Kier molecular flexibility index (Phi) is 7.07. The highest BCUT2D eigenvalue weighted by Gasteiger charge is 2.17. The third-order valence-corrected chi connectivity index (χ3v) is 2.77. The topological polar surface area (TPSA) is 58.6 Å². The van der Waals surface area contributed by atoms with Crippen LogP contribution in [-0.4, -0.2) is 37.4 Å². The summed E-state index contributed by atoms with van der Waals surface area (Å²) in [5.41, 5.74) is 0.400. The first kappa shape index (κ1) is 15.6. The summed E-state index contributed by atoms with van der Waals surface area (Å²) >= 11 is 0. The van der Waals surface area contributed by atoms with E-state index in [1.165, 1.54) is 6.07 Å². The van der Waals surface area contributed by atoms with Crippen molar-refractivity contribution in [3.05, 3.63) is 35.6 Å². The lowest BCUT2D eigenvalue weighted by Crippen LogP contribution is -2.29. The number of aliphatic hydroxyl groups excluding tert-OH is 1. The molecule has 5 heteroatoms. The van der Waals surface area contributed by atoms with Gasteiger partial charge < -0.3 is 15.2 Å². The maximum atomic E-state index is 13.5. The van der Waals surface area contributed by atoms with E-state index in [1.807, 2.05) is 0 Å². The fourth-order valence-electron chi connectivity index (χ4n) is 1.67. The van der Waals surface area contributed by atoms with E-state index in [4.69, 9.17) is 9.84 Å². The molecule has 19 heavy (non-hydrogen) atoms. The van der Waals surface area contributed by atoms with Gasteiger partial charge in [0.05, 0.1) is 19.1 Å². The van der Waals surface area contributed by atoms with Crippen LogP contribution in [0.15, 0.2) is 24.3 Å². The Bertz CT molecular complexity index is 398. The molecule has 0 radical (unpaired) electrons. The van der Waals surface area contributed by atoms with Crippen LogP contribution in [0.4, 0.5) is 4.39 Å². The van der Waals surface area contributed by atoms with Crippen LogP contribution < -0.4 is 5.32 Å². The molecule has 1 unspecified atom stereocenters. The first-order chi connectivity index (χ1) is 9.16. The van der Waals surface area contributed by atoms with Gasteiger partial charge in [0.25, 0.3) is 0 Å². The fourth-order valence-corrected chi connectivity index (χ4v) is 1.67. The smallest absolute Gasteiger partial charge is 0.227 e. The molecule has 0 aliphatic heterocycles. The Labute approximate surface area is 112 Å². The SMILES string of the molecule is CC(C(=O)NCCCOCCO)c1ccccc1F. The molecule has 0 aliphatic rings. The molecule has 2 N–H and O–H groups in total. The molecule has 0 saturated carbocycles. The molecule has 1 atom stereocenters. The number of benzene rings is 1. The first-order valence-corrected chi connectivity index (χ1v) is 6.37. The summed E-state index contributed by atoms with van der Waals surface area (Å²) in [5, 5.41) is 11.2. The molecule has 4 nitrogen and oxygen atoms in total. The minimum absolute atomic E-state index is 0.00330. The normalized spacial score (nSPS) is 12.2. The number of amides is 1. The highest BCUT2D eigenvalue weighted by Crippen LogP contribution is 2.18. The minimum Gasteiger partial charge on any atom is -0.394 e.